The molecule has 1 aromatic carbocycles. The fourth-order valence-corrected chi connectivity index (χ4v) is 9.49. The zero-order valence-electron chi connectivity index (χ0n) is 36.2. The van der Waals surface area contributed by atoms with E-state index in [-0.39, 0.29) is 37.3 Å². The Balaban J connectivity index is 1.41. The molecule has 2 aliphatic heterocycles. The number of sulfonamides is 1. The van der Waals surface area contributed by atoms with Crippen molar-refractivity contribution >= 4 is 44.6 Å². The number of nitrogens with zero attached hydrogens (tertiary/aromatic N) is 3. The SMILES string of the molecule is [2H]C([2H])([2H])C(C)(C)N(C(=O)O)[C@@H]1C(=O)N2C[C@H](Oc3nccc4cc(OC(C)C)ccc34)C[C@H]2C(=O)N[C@]2(C(=O)NS(=O)(=O)C3(C)CC3)C[C@H]2/C=C\CC[C@H](C)C[C@H]1C. The van der Waals surface area contributed by atoms with E-state index in [1.54, 1.807) is 38.2 Å². The van der Waals surface area contributed by atoms with Crippen LogP contribution in [0.2, 0.25) is 0 Å². The summed E-state index contributed by atoms with van der Waals surface area (Å²) in [6.07, 6.45) is 5.03. The largest absolute Gasteiger partial charge is 0.491 e. The third kappa shape index (κ3) is 8.33. The molecule has 3 fully saturated rings. The average molecular weight is 799 g/mol. The Morgan fingerprint density at radius 2 is 1.91 bits per heavy atom. The molecule has 4 amide bonds. The highest BCUT2D eigenvalue weighted by Crippen LogP contribution is 2.48. The Kier molecular flexibility index (Phi) is 10.1. The first-order valence-electron chi connectivity index (χ1n) is 21.0. The van der Waals surface area contributed by atoms with Crippen LogP contribution in [-0.4, -0.2) is 98.8 Å². The van der Waals surface area contributed by atoms with Crippen LogP contribution in [0, 0.1) is 17.8 Å². The van der Waals surface area contributed by atoms with Gasteiger partial charge in [0.2, 0.25) is 27.7 Å². The number of amides is 4. The monoisotopic (exact) mass is 798 g/mol. The Morgan fingerprint density at radius 3 is 2.57 bits per heavy atom. The topological polar surface area (TPSA) is 185 Å². The van der Waals surface area contributed by atoms with Crippen LogP contribution >= 0.6 is 0 Å². The molecule has 0 radical (unpaired) electrons. The quantitative estimate of drug-likeness (QED) is 0.292. The number of allylic oxidation sites excluding steroid dienone is 1. The van der Waals surface area contributed by atoms with Crippen LogP contribution in [0.15, 0.2) is 42.6 Å². The number of hydrogen-bond donors (Lipinski definition) is 3. The van der Waals surface area contributed by atoms with Gasteiger partial charge in [0.15, 0.2) is 0 Å². The van der Waals surface area contributed by atoms with E-state index < -0.39 is 86.5 Å². The van der Waals surface area contributed by atoms with Crippen LogP contribution in [0.1, 0.15) is 104 Å². The Hall–Kier alpha value is -4.40. The van der Waals surface area contributed by atoms with Crippen LogP contribution < -0.4 is 19.5 Å². The highest BCUT2D eigenvalue weighted by atomic mass is 32.2. The van der Waals surface area contributed by atoms with Gasteiger partial charge in [0.1, 0.15) is 29.5 Å². The molecule has 3 N–H and O–H groups in total. The summed E-state index contributed by atoms with van der Waals surface area (Å²) in [5, 5.41) is 14.9. The number of pyridine rings is 1. The van der Waals surface area contributed by atoms with Crippen LogP contribution in [0.5, 0.6) is 11.6 Å². The number of hydrogen-bond acceptors (Lipinski definition) is 9. The second-order valence-electron chi connectivity index (χ2n) is 17.3. The third-order valence-electron chi connectivity index (χ3n) is 11.6. The number of rotatable bonds is 8. The van der Waals surface area contributed by atoms with E-state index in [0.29, 0.717) is 48.1 Å². The number of aromatic nitrogens is 1. The summed E-state index contributed by atoms with van der Waals surface area (Å²) in [7, 11) is -4.07. The van der Waals surface area contributed by atoms with Crippen molar-refractivity contribution in [3.8, 4) is 11.6 Å². The lowest BCUT2D eigenvalue weighted by atomic mass is 9.85. The fraction of sp³-hybridized carbons (Fsp3) is 0.634. The minimum absolute atomic E-state index is 0.0487. The number of ether oxygens (including phenoxy) is 2. The summed E-state index contributed by atoms with van der Waals surface area (Å²) in [6, 6.07) is 4.34. The minimum Gasteiger partial charge on any atom is -0.491 e. The van der Waals surface area contributed by atoms with E-state index in [9.17, 15) is 27.9 Å². The van der Waals surface area contributed by atoms with E-state index in [0.717, 1.165) is 5.39 Å². The molecule has 0 spiro atoms. The highest BCUT2D eigenvalue weighted by Gasteiger charge is 2.63. The summed E-state index contributed by atoms with van der Waals surface area (Å²) in [5.41, 5.74) is -3.67. The molecule has 7 atom stereocenters. The van der Waals surface area contributed by atoms with Gasteiger partial charge in [-0.05, 0) is 121 Å². The smallest absolute Gasteiger partial charge is 0.408 e. The molecule has 2 aromatic rings. The van der Waals surface area contributed by atoms with Crippen molar-refractivity contribution in [2.24, 2.45) is 17.8 Å². The molecular formula is C41H57N5O9S. The summed E-state index contributed by atoms with van der Waals surface area (Å²) in [6.45, 7) is 8.52. The molecule has 2 aliphatic carbocycles. The molecule has 4 aliphatic rings. The highest BCUT2D eigenvalue weighted by molar-refractivity contribution is 7.91. The van der Waals surface area contributed by atoms with Crippen molar-refractivity contribution in [1.29, 1.82) is 0 Å². The van der Waals surface area contributed by atoms with Gasteiger partial charge in [-0.1, -0.05) is 26.0 Å². The molecular weight excluding hydrogens is 739 g/mol. The maximum absolute atomic E-state index is 15.2. The van der Waals surface area contributed by atoms with E-state index in [2.05, 4.69) is 15.0 Å². The first-order chi connectivity index (χ1) is 27.4. The number of carbonyl (C=O) groups is 4. The van der Waals surface area contributed by atoms with Crippen molar-refractivity contribution in [2.75, 3.05) is 6.54 Å². The predicted octanol–water partition coefficient (Wildman–Crippen LogP) is 5.40. The number of nitrogens with one attached hydrogen (secondary N) is 2. The third-order valence-corrected chi connectivity index (χ3v) is 13.8. The lowest BCUT2D eigenvalue weighted by Crippen LogP contribution is -2.62. The zero-order chi connectivity index (χ0) is 43.5. The molecule has 1 aromatic heterocycles. The molecule has 0 bridgehead atoms. The molecule has 56 heavy (non-hydrogen) atoms. The molecule has 2 saturated carbocycles. The summed E-state index contributed by atoms with van der Waals surface area (Å²) in [4.78, 5) is 63.4. The maximum Gasteiger partial charge on any atom is 0.408 e. The van der Waals surface area contributed by atoms with Gasteiger partial charge in [0, 0.05) is 33.6 Å². The van der Waals surface area contributed by atoms with Crippen LogP contribution in [0.25, 0.3) is 10.8 Å². The first-order valence-corrected chi connectivity index (χ1v) is 21.0. The number of carboxylic acid groups (broad SMARTS) is 1. The van der Waals surface area contributed by atoms with Gasteiger partial charge < -0.3 is 24.8 Å². The van der Waals surface area contributed by atoms with Crippen molar-refractivity contribution < 1.29 is 46.3 Å². The summed E-state index contributed by atoms with van der Waals surface area (Å²) in [5.74, 6) is -2.86. The van der Waals surface area contributed by atoms with Gasteiger partial charge in [-0.25, -0.2) is 18.2 Å². The van der Waals surface area contributed by atoms with Gasteiger partial charge in [-0.2, -0.15) is 0 Å². The minimum atomic E-state index is -4.07. The summed E-state index contributed by atoms with van der Waals surface area (Å²) >= 11 is 0. The van der Waals surface area contributed by atoms with Gasteiger partial charge in [-0.3, -0.25) is 24.0 Å². The number of benzene rings is 1. The van der Waals surface area contributed by atoms with Crippen LogP contribution in [0.3, 0.4) is 0 Å². The van der Waals surface area contributed by atoms with E-state index in [4.69, 9.17) is 13.6 Å². The lowest BCUT2D eigenvalue weighted by molar-refractivity contribution is -0.146. The molecule has 3 heterocycles. The van der Waals surface area contributed by atoms with E-state index in [1.807, 2.05) is 39.0 Å². The first kappa shape index (κ1) is 37.2. The van der Waals surface area contributed by atoms with Crippen molar-refractivity contribution in [3.63, 3.8) is 0 Å². The normalized spacial score (nSPS) is 30.9. The van der Waals surface area contributed by atoms with Gasteiger partial charge in [-0.15, -0.1) is 0 Å². The second-order valence-corrected chi connectivity index (χ2v) is 19.5. The van der Waals surface area contributed by atoms with Gasteiger partial charge >= 0.3 is 6.09 Å². The molecule has 1 saturated heterocycles. The standard InChI is InChI=1S/C41H57N5O9S/c1-24(2)54-29-13-14-31-27(20-29)15-18-42-35(31)55-30-21-32-34(47)43-41(37(49)44-56(52,53)40(8)16-17-40)22-28(41)12-10-9-11-25(3)19-26(4)33(36(48)45(32)23-30)46(38(50)51)39(5,6)7/h10,12-15,18,20,24-26,28,30,32-33H,9,11,16-17,19,21-23H2,1-8H3,(H,43,47)(H,44,49)(H,50,51)/b12-10-/t25-,26+,28+,30+,32-,33-,41+/m0/s1/i5D3. The van der Waals surface area contributed by atoms with Crippen LogP contribution in [-0.2, 0) is 24.4 Å². The zero-order valence-corrected chi connectivity index (χ0v) is 34.0. The van der Waals surface area contributed by atoms with Crippen LogP contribution in [0.4, 0.5) is 4.79 Å². The predicted molar refractivity (Wildman–Crippen MR) is 210 cm³/mol. The van der Waals surface area contributed by atoms with E-state index >= 15 is 4.79 Å². The molecule has 0 unspecified atom stereocenters. The number of fused-ring (bicyclic) bond motifs is 3. The summed E-state index contributed by atoms with van der Waals surface area (Å²) < 4.78 is 64.9. The molecule has 14 nitrogen and oxygen atoms in total. The molecule has 6 rings (SSSR count). The molecule has 15 heteroatoms. The fourth-order valence-electron chi connectivity index (χ4n) is 8.17. The lowest BCUT2D eigenvalue weighted by Gasteiger charge is -2.43. The van der Waals surface area contributed by atoms with Crippen molar-refractivity contribution in [2.45, 2.75) is 140 Å². The van der Waals surface area contributed by atoms with Crippen molar-refractivity contribution in [3.05, 3.63) is 42.6 Å². The Bertz CT molecular complexity index is 2130. The van der Waals surface area contributed by atoms with Crippen molar-refractivity contribution in [1.82, 2.24) is 24.8 Å². The van der Waals surface area contributed by atoms with Gasteiger partial charge in [0.25, 0.3) is 5.91 Å². The average Bonchev–Trinajstić information content (AvgIpc) is 4.01. The Morgan fingerprint density at radius 1 is 1.18 bits per heavy atom. The van der Waals surface area contributed by atoms with Gasteiger partial charge in [0.05, 0.1) is 17.4 Å². The number of carbonyl (C=O) groups excluding carboxylic acids is 3. The second kappa shape index (κ2) is 15.2. The Labute approximate surface area is 334 Å². The molecule has 306 valence electrons. The maximum atomic E-state index is 15.2. The van der Waals surface area contributed by atoms with E-state index in [1.165, 1.54) is 18.7 Å².